The standard InChI is InChI=1S/C21H27NO2S/c1-13(23)18-3-5-19(6-4-18)22-20(24)14(2)25-21-10-15-7-16(11-21)9-17(8-15)12-21/h3-6,14-17H,7-12H2,1-2H3,(H,22,24)/t14-,15?,16?,17?,21?/m0/s1. The first-order valence-corrected chi connectivity index (χ1v) is 10.4. The van der Waals surface area contributed by atoms with Crippen molar-refractivity contribution in [1.82, 2.24) is 0 Å². The number of carbonyl (C=O) groups excluding carboxylic acids is 2. The predicted octanol–water partition coefficient (Wildman–Crippen LogP) is 4.92. The molecule has 0 radical (unpaired) electrons. The van der Waals surface area contributed by atoms with Gasteiger partial charge in [-0.2, -0.15) is 0 Å². The van der Waals surface area contributed by atoms with Crippen molar-refractivity contribution in [3.05, 3.63) is 29.8 Å². The van der Waals surface area contributed by atoms with E-state index < -0.39 is 0 Å². The number of hydrogen-bond donors (Lipinski definition) is 1. The molecule has 0 aliphatic heterocycles. The average molecular weight is 358 g/mol. The van der Waals surface area contributed by atoms with Crippen LogP contribution in [0.2, 0.25) is 0 Å². The molecule has 4 bridgehead atoms. The number of carbonyl (C=O) groups is 2. The predicted molar refractivity (Wildman–Crippen MR) is 103 cm³/mol. The van der Waals surface area contributed by atoms with Crippen LogP contribution < -0.4 is 5.32 Å². The number of nitrogens with one attached hydrogen (secondary N) is 1. The minimum atomic E-state index is -0.0382. The third-order valence-electron chi connectivity index (χ3n) is 6.34. The maximum Gasteiger partial charge on any atom is 0.237 e. The van der Waals surface area contributed by atoms with Crippen molar-refractivity contribution in [2.24, 2.45) is 17.8 Å². The van der Waals surface area contributed by atoms with E-state index in [0.717, 1.165) is 23.4 Å². The highest BCUT2D eigenvalue weighted by molar-refractivity contribution is 8.01. The molecule has 4 heteroatoms. The first-order chi connectivity index (χ1) is 11.9. The van der Waals surface area contributed by atoms with Crippen molar-refractivity contribution in [2.75, 3.05) is 5.32 Å². The summed E-state index contributed by atoms with van der Waals surface area (Å²) in [7, 11) is 0. The van der Waals surface area contributed by atoms with Crippen molar-refractivity contribution in [1.29, 1.82) is 0 Å². The number of hydrogen-bond acceptors (Lipinski definition) is 3. The second kappa shape index (κ2) is 6.46. The summed E-state index contributed by atoms with van der Waals surface area (Å²) >= 11 is 1.93. The first-order valence-electron chi connectivity index (χ1n) is 9.52. The van der Waals surface area contributed by atoms with Crippen LogP contribution in [0.4, 0.5) is 5.69 Å². The Balaban J connectivity index is 1.38. The number of benzene rings is 1. The summed E-state index contributed by atoms with van der Waals surface area (Å²) in [5, 5.41) is 2.98. The molecule has 25 heavy (non-hydrogen) atoms. The van der Waals surface area contributed by atoms with Gasteiger partial charge >= 0.3 is 0 Å². The fourth-order valence-corrected chi connectivity index (χ4v) is 7.55. The summed E-state index contributed by atoms with van der Waals surface area (Å²) in [5.41, 5.74) is 1.45. The molecule has 0 aromatic heterocycles. The van der Waals surface area contributed by atoms with Crippen LogP contribution >= 0.6 is 11.8 Å². The van der Waals surface area contributed by atoms with Crippen LogP contribution in [0, 0.1) is 17.8 Å². The zero-order chi connectivity index (χ0) is 17.6. The van der Waals surface area contributed by atoms with Gasteiger partial charge in [-0.05, 0) is 94.4 Å². The van der Waals surface area contributed by atoms with Crippen molar-refractivity contribution in [3.63, 3.8) is 0 Å². The van der Waals surface area contributed by atoms with E-state index in [1.54, 1.807) is 19.1 Å². The van der Waals surface area contributed by atoms with Crippen molar-refractivity contribution in [3.8, 4) is 0 Å². The molecule has 0 unspecified atom stereocenters. The third-order valence-corrected chi connectivity index (χ3v) is 7.90. The Kier molecular flexibility index (Phi) is 4.43. The van der Waals surface area contributed by atoms with E-state index in [2.05, 4.69) is 5.32 Å². The molecule has 1 atom stereocenters. The molecule has 3 nitrogen and oxygen atoms in total. The molecule has 0 spiro atoms. The van der Waals surface area contributed by atoms with Crippen LogP contribution in [0.3, 0.4) is 0 Å². The fraction of sp³-hybridized carbons (Fsp3) is 0.619. The van der Waals surface area contributed by atoms with E-state index in [1.165, 1.54) is 38.5 Å². The minimum Gasteiger partial charge on any atom is -0.325 e. The van der Waals surface area contributed by atoms with Crippen molar-refractivity contribution < 1.29 is 9.59 Å². The molecular formula is C21H27NO2S. The molecule has 0 heterocycles. The molecule has 1 amide bonds. The monoisotopic (exact) mass is 357 g/mol. The van der Waals surface area contributed by atoms with Gasteiger partial charge < -0.3 is 5.32 Å². The average Bonchev–Trinajstić information content (AvgIpc) is 2.53. The molecule has 5 rings (SSSR count). The first kappa shape index (κ1) is 17.1. The lowest BCUT2D eigenvalue weighted by atomic mass is 9.56. The van der Waals surface area contributed by atoms with Gasteiger partial charge in [0.2, 0.25) is 5.91 Å². The summed E-state index contributed by atoms with van der Waals surface area (Å²) in [6, 6.07) is 7.18. The van der Waals surface area contributed by atoms with Crippen molar-refractivity contribution in [2.45, 2.75) is 62.4 Å². The number of thioether (sulfide) groups is 1. The summed E-state index contributed by atoms with van der Waals surface area (Å²) in [5.74, 6) is 2.86. The van der Waals surface area contributed by atoms with Gasteiger partial charge in [0.15, 0.2) is 5.78 Å². The number of anilines is 1. The lowest BCUT2D eigenvalue weighted by Crippen LogP contribution is -2.49. The zero-order valence-electron chi connectivity index (χ0n) is 15.1. The lowest BCUT2D eigenvalue weighted by Gasteiger charge is -2.57. The summed E-state index contributed by atoms with van der Waals surface area (Å²) < 4.78 is 0.351. The second-order valence-corrected chi connectivity index (χ2v) is 10.3. The quantitative estimate of drug-likeness (QED) is 0.761. The van der Waals surface area contributed by atoms with Crippen LogP contribution in [-0.4, -0.2) is 21.7 Å². The maximum atomic E-state index is 12.7. The highest BCUT2D eigenvalue weighted by Gasteiger charge is 2.52. The SMILES string of the molecule is CC(=O)c1ccc(NC(=O)[C@H](C)SC23CC4CC(CC(C4)C2)C3)cc1. The molecule has 4 aliphatic carbocycles. The van der Waals surface area contributed by atoms with E-state index in [9.17, 15) is 9.59 Å². The van der Waals surface area contributed by atoms with Gasteiger partial charge in [0, 0.05) is 16.0 Å². The lowest BCUT2D eigenvalue weighted by molar-refractivity contribution is -0.115. The number of rotatable bonds is 5. The van der Waals surface area contributed by atoms with Gasteiger partial charge in [-0.3, -0.25) is 9.59 Å². The van der Waals surface area contributed by atoms with E-state index in [1.807, 2.05) is 30.8 Å². The van der Waals surface area contributed by atoms with Crippen LogP contribution in [0.15, 0.2) is 24.3 Å². The number of amides is 1. The van der Waals surface area contributed by atoms with Gasteiger partial charge in [-0.25, -0.2) is 0 Å². The Morgan fingerprint density at radius 1 is 1.04 bits per heavy atom. The van der Waals surface area contributed by atoms with Gasteiger partial charge in [0.25, 0.3) is 0 Å². The molecule has 134 valence electrons. The molecule has 1 aromatic carbocycles. The zero-order valence-corrected chi connectivity index (χ0v) is 15.9. The van der Waals surface area contributed by atoms with Crippen LogP contribution in [-0.2, 0) is 4.79 Å². The maximum absolute atomic E-state index is 12.7. The molecule has 0 saturated heterocycles. The smallest absolute Gasteiger partial charge is 0.237 e. The van der Waals surface area contributed by atoms with E-state index in [0.29, 0.717) is 10.3 Å². The molecule has 4 saturated carbocycles. The fourth-order valence-electron chi connectivity index (χ4n) is 5.64. The Morgan fingerprint density at radius 2 is 1.56 bits per heavy atom. The second-order valence-electron chi connectivity index (χ2n) is 8.48. The molecule has 1 aromatic rings. The summed E-state index contributed by atoms with van der Waals surface area (Å²) in [6.07, 6.45) is 8.24. The molecule has 1 N–H and O–H groups in total. The number of Topliss-reactive ketones (excluding diaryl/α,β-unsaturated/α-hetero) is 1. The third kappa shape index (κ3) is 3.51. The van der Waals surface area contributed by atoms with Gasteiger partial charge in [-0.15, -0.1) is 11.8 Å². The Morgan fingerprint density at radius 3 is 2.04 bits per heavy atom. The Bertz CT molecular complexity index is 646. The topological polar surface area (TPSA) is 46.2 Å². The molecule has 4 aliphatic rings. The van der Waals surface area contributed by atoms with Gasteiger partial charge in [0.05, 0.1) is 5.25 Å². The minimum absolute atomic E-state index is 0.0382. The highest BCUT2D eigenvalue weighted by Crippen LogP contribution is 2.61. The van der Waals surface area contributed by atoms with Crippen LogP contribution in [0.1, 0.15) is 62.7 Å². The number of ketones is 1. The van der Waals surface area contributed by atoms with Gasteiger partial charge in [-0.1, -0.05) is 0 Å². The molecular weight excluding hydrogens is 330 g/mol. The van der Waals surface area contributed by atoms with E-state index >= 15 is 0 Å². The largest absolute Gasteiger partial charge is 0.325 e. The Labute approximate surface area is 154 Å². The van der Waals surface area contributed by atoms with Crippen LogP contribution in [0.25, 0.3) is 0 Å². The van der Waals surface area contributed by atoms with Crippen LogP contribution in [0.5, 0.6) is 0 Å². The van der Waals surface area contributed by atoms with Gasteiger partial charge in [0.1, 0.15) is 0 Å². The summed E-state index contributed by atoms with van der Waals surface area (Å²) in [6.45, 7) is 3.60. The summed E-state index contributed by atoms with van der Waals surface area (Å²) in [4.78, 5) is 24.0. The van der Waals surface area contributed by atoms with E-state index in [-0.39, 0.29) is 16.9 Å². The molecule has 4 fully saturated rings. The highest BCUT2D eigenvalue weighted by atomic mass is 32.2. The van der Waals surface area contributed by atoms with E-state index in [4.69, 9.17) is 0 Å². The normalized spacial score (nSPS) is 33.9. The Hall–Kier alpha value is -1.29. The van der Waals surface area contributed by atoms with Crippen molar-refractivity contribution >= 4 is 29.1 Å².